The Balaban J connectivity index is 2.23. The number of hydrogen-bond acceptors (Lipinski definition) is 3. The van der Waals surface area contributed by atoms with Gasteiger partial charge < -0.3 is 19.1 Å². The number of benzene rings is 1. The molecule has 4 heteroatoms. The van der Waals surface area contributed by atoms with Crippen LogP contribution in [0.5, 0.6) is 0 Å². The number of ether oxygens (including phenoxy) is 2. The zero-order chi connectivity index (χ0) is 13.7. The van der Waals surface area contributed by atoms with Gasteiger partial charge in [0.2, 0.25) is 0 Å². The van der Waals surface area contributed by atoms with Crippen molar-refractivity contribution in [3.8, 4) is 0 Å². The monoisotopic (exact) mass is 263 g/mol. The number of rotatable bonds is 7. The molecule has 0 unspecified atom stereocenters. The molecule has 0 aliphatic carbocycles. The van der Waals surface area contributed by atoms with Crippen molar-refractivity contribution in [2.24, 2.45) is 0 Å². The topological polar surface area (TPSA) is 43.6 Å². The maximum atomic E-state index is 9.22. The summed E-state index contributed by atoms with van der Waals surface area (Å²) in [5, 5.41) is 10.4. The molecule has 2 aromatic rings. The van der Waals surface area contributed by atoms with Crippen molar-refractivity contribution in [2.75, 3.05) is 13.2 Å². The van der Waals surface area contributed by atoms with Crippen molar-refractivity contribution >= 4 is 10.9 Å². The molecule has 0 aliphatic heterocycles. The molecule has 0 amide bonds. The van der Waals surface area contributed by atoms with E-state index in [4.69, 9.17) is 9.47 Å². The molecule has 0 spiro atoms. The first kappa shape index (κ1) is 14.1. The minimum atomic E-state index is -0.233. The summed E-state index contributed by atoms with van der Waals surface area (Å²) >= 11 is 0. The molecular weight excluding hydrogens is 242 g/mol. The molecule has 0 fully saturated rings. The fraction of sp³-hybridized carbons (Fsp3) is 0.467. The van der Waals surface area contributed by atoms with Gasteiger partial charge in [-0.25, -0.2) is 0 Å². The summed E-state index contributed by atoms with van der Waals surface area (Å²) in [6.45, 7) is 5.90. The van der Waals surface area contributed by atoms with Gasteiger partial charge in [-0.05, 0) is 36.9 Å². The number of hydrogen-bond donors (Lipinski definition) is 1. The van der Waals surface area contributed by atoms with E-state index in [2.05, 4.69) is 10.6 Å². The van der Waals surface area contributed by atoms with Gasteiger partial charge in [-0.3, -0.25) is 0 Å². The third-order valence-corrected chi connectivity index (χ3v) is 3.07. The van der Waals surface area contributed by atoms with Crippen molar-refractivity contribution in [3.05, 3.63) is 36.0 Å². The number of aromatic nitrogens is 1. The molecular formula is C15H21NO3. The normalized spacial score (nSPS) is 11.6. The number of aliphatic hydroxyl groups excluding tert-OH is 1. The standard InChI is InChI=1S/C15H21NO3/c1-3-18-15(19-4-2)10-16-8-7-13-6-5-12(11-17)9-14(13)16/h5-9,15,17H,3-4,10-11H2,1-2H3. The first-order valence-corrected chi connectivity index (χ1v) is 6.70. The maximum absolute atomic E-state index is 9.22. The Hall–Kier alpha value is -1.36. The fourth-order valence-electron chi connectivity index (χ4n) is 2.17. The molecule has 0 radical (unpaired) electrons. The maximum Gasteiger partial charge on any atom is 0.175 e. The van der Waals surface area contributed by atoms with E-state index in [1.54, 1.807) is 0 Å². The highest BCUT2D eigenvalue weighted by Crippen LogP contribution is 2.19. The van der Waals surface area contributed by atoms with Crippen molar-refractivity contribution in [2.45, 2.75) is 33.3 Å². The zero-order valence-corrected chi connectivity index (χ0v) is 11.5. The molecule has 1 heterocycles. The lowest BCUT2D eigenvalue weighted by Gasteiger charge is -2.18. The fourth-order valence-corrected chi connectivity index (χ4v) is 2.17. The number of aliphatic hydroxyl groups is 1. The van der Waals surface area contributed by atoms with Gasteiger partial charge in [0.1, 0.15) is 0 Å². The first-order chi connectivity index (χ1) is 9.28. The summed E-state index contributed by atoms with van der Waals surface area (Å²) < 4.78 is 13.2. The highest BCUT2D eigenvalue weighted by atomic mass is 16.7. The Morgan fingerprint density at radius 1 is 1.16 bits per heavy atom. The summed E-state index contributed by atoms with van der Waals surface area (Å²) in [4.78, 5) is 0. The summed E-state index contributed by atoms with van der Waals surface area (Å²) in [5.41, 5.74) is 2.01. The van der Waals surface area contributed by atoms with Gasteiger partial charge in [-0.2, -0.15) is 0 Å². The number of fused-ring (bicyclic) bond motifs is 1. The minimum Gasteiger partial charge on any atom is -0.392 e. The zero-order valence-electron chi connectivity index (χ0n) is 11.5. The molecule has 0 saturated heterocycles. The van der Waals surface area contributed by atoms with Crippen molar-refractivity contribution in [1.82, 2.24) is 4.57 Å². The van der Waals surface area contributed by atoms with E-state index in [1.165, 1.54) is 0 Å². The van der Waals surface area contributed by atoms with Crippen molar-refractivity contribution in [3.63, 3.8) is 0 Å². The van der Waals surface area contributed by atoms with Crippen LogP contribution in [0.3, 0.4) is 0 Å². The van der Waals surface area contributed by atoms with E-state index in [0.29, 0.717) is 19.8 Å². The molecule has 0 saturated carbocycles. The lowest BCUT2D eigenvalue weighted by Crippen LogP contribution is -2.23. The van der Waals surface area contributed by atoms with E-state index < -0.39 is 0 Å². The molecule has 19 heavy (non-hydrogen) atoms. The van der Waals surface area contributed by atoms with Gasteiger partial charge >= 0.3 is 0 Å². The van der Waals surface area contributed by atoms with Crippen molar-refractivity contribution in [1.29, 1.82) is 0 Å². The van der Waals surface area contributed by atoms with Crippen LogP contribution in [-0.2, 0) is 22.6 Å². The van der Waals surface area contributed by atoms with Crippen LogP contribution in [0.25, 0.3) is 10.9 Å². The second-order valence-corrected chi connectivity index (χ2v) is 4.36. The van der Waals surface area contributed by atoms with E-state index in [0.717, 1.165) is 16.5 Å². The summed E-state index contributed by atoms with van der Waals surface area (Å²) in [6, 6.07) is 8.03. The Morgan fingerprint density at radius 2 is 1.89 bits per heavy atom. The minimum absolute atomic E-state index is 0.0570. The van der Waals surface area contributed by atoms with Gasteiger partial charge in [0.15, 0.2) is 6.29 Å². The van der Waals surface area contributed by atoms with Crippen LogP contribution in [-0.4, -0.2) is 29.2 Å². The van der Waals surface area contributed by atoms with Gasteiger partial charge in [0.05, 0.1) is 13.2 Å². The molecule has 0 aliphatic rings. The molecule has 0 atom stereocenters. The Kier molecular flexibility index (Phi) is 4.96. The average Bonchev–Trinajstić information content (AvgIpc) is 2.82. The van der Waals surface area contributed by atoms with Crippen LogP contribution < -0.4 is 0 Å². The van der Waals surface area contributed by atoms with Gasteiger partial charge in [-0.1, -0.05) is 12.1 Å². The van der Waals surface area contributed by atoms with Crippen LogP contribution in [0.2, 0.25) is 0 Å². The van der Waals surface area contributed by atoms with Crippen molar-refractivity contribution < 1.29 is 14.6 Å². The van der Waals surface area contributed by atoms with Gasteiger partial charge in [0, 0.05) is 24.9 Å². The van der Waals surface area contributed by atoms with Crippen LogP contribution >= 0.6 is 0 Å². The quantitative estimate of drug-likeness (QED) is 0.781. The van der Waals surface area contributed by atoms with E-state index >= 15 is 0 Å². The molecule has 104 valence electrons. The van der Waals surface area contributed by atoms with E-state index in [9.17, 15) is 5.11 Å². The molecule has 2 rings (SSSR count). The van der Waals surface area contributed by atoms with E-state index in [-0.39, 0.29) is 12.9 Å². The Morgan fingerprint density at radius 3 is 2.53 bits per heavy atom. The second-order valence-electron chi connectivity index (χ2n) is 4.36. The Bertz CT molecular complexity index is 515. The van der Waals surface area contributed by atoms with Crippen LogP contribution in [0.4, 0.5) is 0 Å². The highest BCUT2D eigenvalue weighted by molar-refractivity contribution is 5.80. The SMILES string of the molecule is CCOC(Cn1ccc2ccc(CO)cc21)OCC. The van der Waals surface area contributed by atoms with Crippen LogP contribution in [0.1, 0.15) is 19.4 Å². The third kappa shape index (κ3) is 3.35. The van der Waals surface area contributed by atoms with E-state index in [1.807, 2.05) is 38.2 Å². The largest absolute Gasteiger partial charge is 0.392 e. The van der Waals surface area contributed by atoms with Crippen LogP contribution in [0.15, 0.2) is 30.5 Å². The summed E-state index contributed by atoms with van der Waals surface area (Å²) in [7, 11) is 0. The smallest absolute Gasteiger partial charge is 0.175 e. The lowest BCUT2D eigenvalue weighted by atomic mass is 10.2. The molecule has 1 N–H and O–H groups in total. The first-order valence-electron chi connectivity index (χ1n) is 6.70. The highest BCUT2D eigenvalue weighted by Gasteiger charge is 2.11. The molecule has 1 aromatic heterocycles. The predicted molar refractivity (Wildman–Crippen MR) is 74.9 cm³/mol. The van der Waals surface area contributed by atoms with Crippen LogP contribution in [0, 0.1) is 0 Å². The lowest BCUT2D eigenvalue weighted by molar-refractivity contribution is -0.143. The summed E-state index contributed by atoms with van der Waals surface area (Å²) in [6.07, 6.45) is 1.79. The second kappa shape index (κ2) is 6.70. The third-order valence-electron chi connectivity index (χ3n) is 3.07. The average molecular weight is 263 g/mol. The van der Waals surface area contributed by atoms with Gasteiger partial charge in [0.25, 0.3) is 0 Å². The number of nitrogens with zero attached hydrogens (tertiary/aromatic N) is 1. The Labute approximate surface area is 113 Å². The molecule has 4 nitrogen and oxygen atoms in total. The van der Waals surface area contributed by atoms with Gasteiger partial charge in [-0.15, -0.1) is 0 Å². The molecule has 1 aromatic carbocycles. The summed E-state index contributed by atoms with van der Waals surface area (Å²) in [5.74, 6) is 0. The predicted octanol–water partition coefficient (Wildman–Crippen LogP) is 2.53. The molecule has 0 bridgehead atoms.